The molecule has 190 valence electrons. The minimum absolute atomic E-state index is 0.204. The molecule has 3 heterocycles. The minimum Gasteiger partial charge on any atom is -0.350 e. The second-order valence-electron chi connectivity index (χ2n) is 9.29. The molecule has 1 fully saturated rings. The van der Waals surface area contributed by atoms with E-state index in [1.165, 1.54) is 6.07 Å². The van der Waals surface area contributed by atoms with Crippen LogP contribution in [0.2, 0.25) is 0 Å². The number of anilines is 1. The molecule has 1 aliphatic heterocycles. The van der Waals surface area contributed by atoms with E-state index in [0.717, 1.165) is 49.3 Å². The van der Waals surface area contributed by atoms with Crippen molar-refractivity contribution in [2.75, 3.05) is 25.5 Å². The van der Waals surface area contributed by atoms with Crippen LogP contribution in [0.4, 0.5) is 19.1 Å². The molecule has 2 aromatic heterocycles. The van der Waals surface area contributed by atoms with Gasteiger partial charge in [-0.2, -0.15) is 18.3 Å². The third-order valence-electron chi connectivity index (χ3n) is 6.64. The highest BCUT2D eigenvalue weighted by molar-refractivity contribution is 5.79. The van der Waals surface area contributed by atoms with E-state index in [1.807, 2.05) is 36.4 Å². The van der Waals surface area contributed by atoms with Gasteiger partial charge in [0.1, 0.15) is 5.69 Å². The van der Waals surface area contributed by atoms with Crippen LogP contribution in [0.15, 0.2) is 72.9 Å². The van der Waals surface area contributed by atoms with Gasteiger partial charge in [-0.1, -0.05) is 42.5 Å². The van der Waals surface area contributed by atoms with Crippen LogP contribution in [0.1, 0.15) is 35.6 Å². The molecule has 1 saturated heterocycles. The lowest BCUT2D eigenvalue weighted by molar-refractivity contribution is -0.137. The van der Waals surface area contributed by atoms with E-state index >= 15 is 0 Å². The van der Waals surface area contributed by atoms with Crippen molar-refractivity contribution in [2.45, 2.75) is 31.5 Å². The van der Waals surface area contributed by atoms with Crippen LogP contribution in [0.5, 0.6) is 0 Å². The average molecular weight is 505 g/mol. The molecule has 0 bridgehead atoms. The monoisotopic (exact) mass is 504 g/mol. The molecule has 2 aromatic carbocycles. The second kappa shape index (κ2) is 10.6. The highest BCUT2D eigenvalue weighted by atomic mass is 19.4. The fourth-order valence-corrected chi connectivity index (χ4v) is 4.54. The molecule has 1 aliphatic rings. The van der Waals surface area contributed by atoms with Gasteiger partial charge in [-0.3, -0.25) is 0 Å². The fraction of sp³-hybridized carbons (Fsp3) is 0.286. The van der Waals surface area contributed by atoms with Gasteiger partial charge < -0.3 is 10.2 Å². The fourth-order valence-electron chi connectivity index (χ4n) is 4.54. The summed E-state index contributed by atoms with van der Waals surface area (Å²) in [7, 11) is 2.08. The van der Waals surface area contributed by atoms with Gasteiger partial charge in [0.2, 0.25) is 5.95 Å². The van der Waals surface area contributed by atoms with Gasteiger partial charge in [-0.15, -0.1) is 5.10 Å². The molecule has 9 heteroatoms. The van der Waals surface area contributed by atoms with E-state index in [2.05, 4.69) is 37.4 Å². The zero-order chi connectivity index (χ0) is 25.8. The summed E-state index contributed by atoms with van der Waals surface area (Å²) in [6.07, 6.45) is -0.990. The maximum atomic E-state index is 13.5. The SMILES string of the molecule is CN1CCC(c2cc(-c3cccc(C(F)(F)F)c3)c(-c3ccnc(NCc4ccccc4)n3)nn2)CC1. The summed E-state index contributed by atoms with van der Waals surface area (Å²) in [5.41, 5.74) is 3.06. The van der Waals surface area contributed by atoms with Crippen LogP contribution >= 0.6 is 0 Å². The van der Waals surface area contributed by atoms with Crippen molar-refractivity contribution < 1.29 is 13.2 Å². The Labute approximate surface area is 213 Å². The first-order valence-corrected chi connectivity index (χ1v) is 12.2. The van der Waals surface area contributed by atoms with E-state index < -0.39 is 11.7 Å². The van der Waals surface area contributed by atoms with E-state index in [-0.39, 0.29) is 5.92 Å². The van der Waals surface area contributed by atoms with E-state index in [4.69, 9.17) is 0 Å². The van der Waals surface area contributed by atoms with Crippen LogP contribution in [0.25, 0.3) is 22.5 Å². The maximum Gasteiger partial charge on any atom is 0.416 e. The number of benzene rings is 2. The third kappa shape index (κ3) is 5.94. The Balaban J connectivity index is 1.53. The number of aromatic nitrogens is 4. The maximum absolute atomic E-state index is 13.5. The summed E-state index contributed by atoms with van der Waals surface area (Å²) in [5, 5.41) is 12.2. The van der Waals surface area contributed by atoms with Gasteiger partial charge in [0.15, 0.2) is 0 Å². The summed E-state index contributed by atoms with van der Waals surface area (Å²) in [6.45, 7) is 2.41. The molecule has 0 atom stereocenters. The Hall–Kier alpha value is -3.85. The van der Waals surface area contributed by atoms with Gasteiger partial charge in [-0.25, -0.2) is 9.97 Å². The highest BCUT2D eigenvalue weighted by Crippen LogP contribution is 2.37. The van der Waals surface area contributed by atoms with Crippen molar-refractivity contribution in [3.05, 3.63) is 89.7 Å². The van der Waals surface area contributed by atoms with Gasteiger partial charge >= 0.3 is 6.18 Å². The Morgan fingerprint density at radius 1 is 0.946 bits per heavy atom. The lowest BCUT2D eigenvalue weighted by Crippen LogP contribution is -2.29. The molecule has 0 aliphatic carbocycles. The van der Waals surface area contributed by atoms with Crippen LogP contribution in [-0.2, 0) is 12.7 Å². The first-order chi connectivity index (χ1) is 17.9. The van der Waals surface area contributed by atoms with E-state index in [1.54, 1.807) is 18.3 Å². The number of alkyl halides is 3. The standard InChI is InChI=1S/C28H27F3N6/c1-37-14-11-20(12-15-37)25-17-23(21-8-5-9-22(16-21)28(29,30)31)26(36-35-25)24-10-13-32-27(34-24)33-18-19-6-3-2-4-7-19/h2-10,13,16-17,20H,11-12,14-15,18H2,1H3,(H,32,33,34). The molecular weight excluding hydrogens is 477 g/mol. The van der Waals surface area contributed by atoms with E-state index in [9.17, 15) is 13.2 Å². The zero-order valence-electron chi connectivity index (χ0n) is 20.4. The van der Waals surface area contributed by atoms with Crippen molar-refractivity contribution in [1.82, 2.24) is 25.1 Å². The Kier molecular flexibility index (Phi) is 7.14. The molecule has 0 unspecified atom stereocenters. The number of rotatable bonds is 6. The molecule has 4 aromatic rings. The normalized spacial score (nSPS) is 15.0. The summed E-state index contributed by atoms with van der Waals surface area (Å²) in [6, 6.07) is 18.8. The highest BCUT2D eigenvalue weighted by Gasteiger charge is 2.31. The summed E-state index contributed by atoms with van der Waals surface area (Å²) in [5.74, 6) is 0.605. The number of hydrogen-bond acceptors (Lipinski definition) is 6. The summed E-state index contributed by atoms with van der Waals surface area (Å²) < 4.78 is 40.6. The number of hydrogen-bond donors (Lipinski definition) is 1. The van der Waals surface area contributed by atoms with Crippen molar-refractivity contribution >= 4 is 5.95 Å². The lowest BCUT2D eigenvalue weighted by Gasteiger charge is -2.28. The quantitative estimate of drug-likeness (QED) is 0.345. The van der Waals surface area contributed by atoms with Crippen molar-refractivity contribution in [3.8, 4) is 22.5 Å². The predicted molar refractivity (Wildman–Crippen MR) is 137 cm³/mol. The van der Waals surface area contributed by atoms with E-state index in [0.29, 0.717) is 35.0 Å². The topological polar surface area (TPSA) is 66.8 Å². The Morgan fingerprint density at radius 2 is 1.73 bits per heavy atom. The molecule has 6 nitrogen and oxygen atoms in total. The molecule has 0 amide bonds. The van der Waals surface area contributed by atoms with Gasteiger partial charge in [0.25, 0.3) is 0 Å². The third-order valence-corrected chi connectivity index (χ3v) is 6.64. The smallest absolute Gasteiger partial charge is 0.350 e. The molecule has 37 heavy (non-hydrogen) atoms. The Morgan fingerprint density at radius 3 is 2.49 bits per heavy atom. The molecule has 0 saturated carbocycles. The summed E-state index contributed by atoms with van der Waals surface area (Å²) >= 11 is 0. The number of likely N-dealkylation sites (tertiary alicyclic amines) is 1. The first kappa shape index (κ1) is 24.8. The van der Waals surface area contributed by atoms with Crippen LogP contribution in [-0.4, -0.2) is 45.2 Å². The first-order valence-electron chi connectivity index (χ1n) is 12.2. The molecule has 0 radical (unpaired) electrons. The number of halogens is 3. The average Bonchev–Trinajstić information content (AvgIpc) is 2.92. The second-order valence-corrected chi connectivity index (χ2v) is 9.29. The van der Waals surface area contributed by atoms with Crippen molar-refractivity contribution in [1.29, 1.82) is 0 Å². The number of nitrogens with one attached hydrogen (secondary N) is 1. The molecule has 1 N–H and O–H groups in total. The van der Waals surface area contributed by atoms with Crippen molar-refractivity contribution in [3.63, 3.8) is 0 Å². The van der Waals surface area contributed by atoms with Gasteiger partial charge in [0, 0.05) is 24.2 Å². The molecule has 5 rings (SSSR count). The van der Waals surface area contributed by atoms with Crippen molar-refractivity contribution in [2.24, 2.45) is 0 Å². The number of nitrogens with zero attached hydrogens (tertiary/aromatic N) is 5. The van der Waals surface area contributed by atoms with Crippen LogP contribution in [0, 0.1) is 0 Å². The molecular formula is C28H27F3N6. The minimum atomic E-state index is -4.45. The lowest BCUT2D eigenvalue weighted by atomic mass is 9.91. The molecule has 0 spiro atoms. The zero-order valence-corrected chi connectivity index (χ0v) is 20.4. The summed E-state index contributed by atoms with van der Waals surface area (Å²) in [4.78, 5) is 11.2. The van der Waals surface area contributed by atoms with Gasteiger partial charge in [-0.05, 0) is 68.4 Å². The largest absolute Gasteiger partial charge is 0.416 e. The van der Waals surface area contributed by atoms with Crippen LogP contribution < -0.4 is 5.32 Å². The Bertz CT molecular complexity index is 1350. The number of piperidine rings is 1. The van der Waals surface area contributed by atoms with Gasteiger partial charge in [0.05, 0.1) is 17.0 Å². The van der Waals surface area contributed by atoms with Crippen LogP contribution in [0.3, 0.4) is 0 Å². The predicted octanol–water partition coefficient (Wildman–Crippen LogP) is 6.04.